The molecule has 0 bridgehead atoms. The van der Waals surface area contributed by atoms with Crippen molar-refractivity contribution < 1.29 is 4.42 Å². The largest absolute Gasteiger partial charge is 0.456 e. The summed E-state index contributed by atoms with van der Waals surface area (Å²) in [6.45, 7) is 2.16. The minimum atomic E-state index is 0.973. The number of aryl methyl sites for hydroxylation is 1. The third kappa shape index (κ3) is 1.23. The molecule has 0 saturated carbocycles. The summed E-state index contributed by atoms with van der Waals surface area (Å²) in [5.41, 5.74) is 3.29. The summed E-state index contributed by atoms with van der Waals surface area (Å²) >= 11 is 0. The number of furan rings is 1. The summed E-state index contributed by atoms with van der Waals surface area (Å²) in [7, 11) is 0. The van der Waals surface area contributed by atoms with Crippen molar-refractivity contribution in [3.63, 3.8) is 0 Å². The Morgan fingerprint density at radius 2 is 1.73 bits per heavy atom. The second-order valence-electron chi connectivity index (χ2n) is 3.78. The van der Waals surface area contributed by atoms with Gasteiger partial charge in [0.25, 0.3) is 0 Å². The maximum absolute atomic E-state index is 5.79. The van der Waals surface area contributed by atoms with E-state index < -0.39 is 0 Å². The van der Waals surface area contributed by atoms with Crippen molar-refractivity contribution in [1.29, 1.82) is 0 Å². The number of fused-ring (bicyclic) bond motifs is 3. The van der Waals surface area contributed by atoms with Crippen molar-refractivity contribution in [2.45, 2.75) is 13.3 Å². The maximum Gasteiger partial charge on any atom is 0.135 e. The number of hydrogen-bond acceptors (Lipinski definition) is 1. The van der Waals surface area contributed by atoms with Crippen LogP contribution < -0.4 is 0 Å². The van der Waals surface area contributed by atoms with Gasteiger partial charge in [0.05, 0.1) is 0 Å². The van der Waals surface area contributed by atoms with E-state index in [9.17, 15) is 0 Å². The van der Waals surface area contributed by atoms with Crippen LogP contribution in [-0.4, -0.2) is 0 Å². The third-order valence-corrected chi connectivity index (χ3v) is 2.85. The predicted molar refractivity (Wildman–Crippen MR) is 63.1 cm³/mol. The van der Waals surface area contributed by atoms with Crippen LogP contribution in [0.15, 0.2) is 46.9 Å². The highest BCUT2D eigenvalue weighted by Gasteiger charge is 2.05. The van der Waals surface area contributed by atoms with E-state index in [1.807, 2.05) is 18.2 Å². The summed E-state index contributed by atoms with van der Waals surface area (Å²) in [5, 5.41) is 2.41. The fourth-order valence-electron chi connectivity index (χ4n) is 1.99. The number of para-hydroxylation sites is 1. The lowest BCUT2D eigenvalue weighted by atomic mass is 10.1. The first kappa shape index (κ1) is 8.54. The zero-order valence-corrected chi connectivity index (χ0v) is 8.66. The van der Waals surface area contributed by atoms with Crippen LogP contribution in [0.4, 0.5) is 0 Å². The van der Waals surface area contributed by atoms with Gasteiger partial charge in [0.1, 0.15) is 11.2 Å². The molecule has 0 unspecified atom stereocenters. The van der Waals surface area contributed by atoms with Crippen molar-refractivity contribution in [3.8, 4) is 0 Å². The van der Waals surface area contributed by atoms with Gasteiger partial charge >= 0.3 is 0 Å². The SMILES string of the molecule is CCc1ccc2c(c1)oc1ccccc12. The molecule has 0 aliphatic heterocycles. The highest BCUT2D eigenvalue weighted by molar-refractivity contribution is 6.04. The van der Waals surface area contributed by atoms with Gasteiger partial charge in [-0.3, -0.25) is 0 Å². The monoisotopic (exact) mass is 196 g/mol. The quantitative estimate of drug-likeness (QED) is 0.570. The zero-order chi connectivity index (χ0) is 10.3. The lowest BCUT2D eigenvalue weighted by molar-refractivity contribution is 0.668. The van der Waals surface area contributed by atoms with E-state index in [-0.39, 0.29) is 0 Å². The van der Waals surface area contributed by atoms with Crippen molar-refractivity contribution in [1.82, 2.24) is 0 Å². The van der Waals surface area contributed by atoms with Gasteiger partial charge in [-0.15, -0.1) is 0 Å². The molecule has 1 aromatic heterocycles. The molecule has 2 aromatic carbocycles. The van der Waals surface area contributed by atoms with E-state index in [1.54, 1.807) is 0 Å². The first-order chi connectivity index (χ1) is 7.38. The van der Waals surface area contributed by atoms with E-state index in [4.69, 9.17) is 4.42 Å². The number of rotatable bonds is 1. The second-order valence-corrected chi connectivity index (χ2v) is 3.78. The van der Waals surface area contributed by atoms with Gasteiger partial charge in [-0.2, -0.15) is 0 Å². The molecule has 74 valence electrons. The van der Waals surface area contributed by atoms with E-state index >= 15 is 0 Å². The Bertz CT molecular complexity index is 619. The Morgan fingerprint density at radius 3 is 2.60 bits per heavy atom. The van der Waals surface area contributed by atoms with E-state index in [0.29, 0.717) is 0 Å². The fourth-order valence-corrected chi connectivity index (χ4v) is 1.99. The number of hydrogen-bond donors (Lipinski definition) is 0. The molecule has 0 radical (unpaired) electrons. The summed E-state index contributed by atoms with van der Waals surface area (Å²) in [5.74, 6) is 0. The van der Waals surface area contributed by atoms with Crippen LogP contribution in [0.3, 0.4) is 0 Å². The summed E-state index contributed by atoms with van der Waals surface area (Å²) in [6.07, 6.45) is 1.05. The Hall–Kier alpha value is -1.76. The highest BCUT2D eigenvalue weighted by Crippen LogP contribution is 2.28. The highest BCUT2D eigenvalue weighted by atomic mass is 16.3. The maximum atomic E-state index is 5.79. The molecule has 0 N–H and O–H groups in total. The smallest absolute Gasteiger partial charge is 0.135 e. The Labute approximate surface area is 88.3 Å². The zero-order valence-electron chi connectivity index (χ0n) is 8.66. The molecule has 0 spiro atoms. The van der Waals surface area contributed by atoms with Crippen LogP contribution in [0.2, 0.25) is 0 Å². The van der Waals surface area contributed by atoms with Gasteiger partial charge in [-0.25, -0.2) is 0 Å². The van der Waals surface area contributed by atoms with Crippen LogP contribution in [0, 0.1) is 0 Å². The van der Waals surface area contributed by atoms with Crippen LogP contribution in [0.1, 0.15) is 12.5 Å². The molecule has 0 atom stereocenters. The molecular weight excluding hydrogens is 184 g/mol. The van der Waals surface area contributed by atoms with Gasteiger partial charge in [0.15, 0.2) is 0 Å². The molecule has 0 fully saturated rings. The lowest BCUT2D eigenvalue weighted by Gasteiger charge is -1.94. The third-order valence-electron chi connectivity index (χ3n) is 2.85. The first-order valence-electron chi connectivity index (χ1n) is 5.28. The Kier molecular flexibility index (Phi) is 1.78. The summed E-state index contributed by atoms with van der Waals surface area (Å²) < 4.78 is 5.79. The van der Waals surface area contributed by atoms with Crippen LogP contribution >= 0.6 is 0 Å². The van der Waals surface area contributed by atoms with Crippen molar-refractivity contribution in [2.75, 3.05) is 0 Å². The van der Waals surface area contributed by atoms with Crippen molar-refractivity contribution >= 4 is 21.9 Å². The minimum Gasteiger partial charge on any atom is -0.456 e. The Balaban J connectivity index is 2.43. The normalized spacial score (nSPS) is 11.3. The topological polar surface area (TPSA) is 13.1 Å². The van der Waals surface area contributed by atoms with Crippen LogP contribution in [-0.2, 0) is 6.42 Å². The first-order valence-corrected chi connectivity index (χ1v) is 5.28. The Morgan fingerprint density at radius 1 is 0.933 bits per heavy atom. The van der Waals surface area contributed by atoms with Crippen molar-refractivity contribution in [2.24, 2.45) is 0 Å². The molecule has 0 aliphatic carbocycles. The average Bonchev–Trinajstić information content (AvgIpc) is 2.66. The van der Waals surface area contributed by atoms with E-state index in [1.165, 1.54) is 16.3 Å². The van der Waals surface area contributed by atoms with Gasteiger partial charge in [0, 0.05) is 10.8 Å². The molecule has 15 heavy (non-hydrogen) atoms. The van der Waals surface area contributed by atoms with Crippen LogP contribution in [0.5, 0.6) is 0 Å². The second kappa shape index (κ2) is 3.13. The molecule has 3 rings (SSSR count). The average molecular weight is 196 g/mol. The van der Waals surface area contributed by atoms with Gasteiger partial charge in [0.2, 0.25) is 0 Å². The molecule has 1 heterocycles. The summed E-state index contributed by atoms with van der Waals surface area (Å²) in [6, 6.07) is 14.6. The molecule has 0 saturated heterocycles. The van der Waals surface area contributed by atoms with Gasteiger partial charge in [-0.05, 0) is 24.1 Å². The molecule has 0 aliphatic rings. The standard InChI is InChI=1S/C14H12O/c1-2-10-7-8-12-11-5-3-4-6-13(11)15-14(12)9-10/h3-9H,2H2,1H3. The molecule has 1 heteroatoms. The van der Waals surface area contributed by atoms with Crippen molar-refractivity contribution in [3.05, 3.63) is 48.0 Å². The van der Waals surface area contributed by atoms with E-state index in [0.717, 1.165) is 17.6 Å². The minimum absolute atomic E-state index is 0.973. The number of benzene rings is 2. The molecule has 1 nitrogen and oxygen atoms in total. The fraction of sp³-hybridized carbons (Fsp3) is 0.143. The molecule has 3 aromatic rings. The summed E-state index contributed by atoms with van der Waals surface area (Å²) in [4.78, 5) is 0. The molecule has 0 amide bonds. The van der Waals surface area contributed by atoms with Crippen LogP contribution in [0.25, 0.3) is 21.9 Å². The van der Waals surface area contributed by atoms with Gasteiger partial charge in [-0.1, -0.05) is 37.3 Å². The van der Waals surface area contributed by atoms with E-state index in [2.05, 4.69) is 31.2 Å². The lowest BCUT2D eigenvalue weighted by Crippen LogP contribution is -1.76. The van der Waals surface area contributed by atoms with Gasteiger partial charge < -0.3 is 4.42 Å². The predicted octanol–water partition coefficient (Wildman–Crippen LogP) is 4.15. The molecular formula is C14H12O.